The Morgan fingerprint density at radius 1 is 1.33 bits per heavy atom. The SMILES string of the molecule is COC(=O)CC1CCN(C(=O)CCCn2cnnn2)CC1. The van der Waals surface area contributed by atoms with Gasteiger partial charge in [0.25, 0.3) is 0 Å². The van der Waals surface area contributed by atoms with Crippen molar-refractivity contribution in [3.05, 3.63) is 6.33 Å². The predicted molar refractivity (Wildman–Crippen MR) is 73.0 cm³/mol. The minimum absolute atomic E-state index is 0.166. The van der Waals surface area contributed by atoms with Crippen LogP contribution in [-0.4, -0.2) is 57.2 Å². The van der Waals surface area contributed by atoms with Crippen LogP contribution in [0.2, 0.25) is 0 Å². The van der Waals surface area contributed by atoms with Crippen molar-refractivity contribution in [2.24, 2.45) is 5.92 Å². The number of tetrazole rings is 1. The molecule has 2 heterocycles. The zero-order valence-electron chi connectivity index (χ0n) is 12.3. The van der Waals surface area contributed by atoms with E-state index in [0.717, 1.165) is 32.4 Å². The second-order valence-corrected chi connectivity index (χ2v) is 5.28. The zero-order chi connectivity index (χ0) is 15.1. The van der Waals surface area contributed by atoms with E-state index in [4.69, 9.17) is 0 Å². The van der Waals surface area contributed by atoms with Gasteiger partial charge >= 0.3 is 5.97 Å². The number of nitrogens with zero attached hydrogens (tertiary/aromatic N) is 5. The molecular formula is C13H21N5O3. The molecule has 0 aromatic carbocycles. The van der Waals surface area contributed by atoms with E-state index < -0.39 is 0 Å². The monoisotopic (exact) mass is 295 g/mol. The van der Waals surface area contributed by atoms with E-state index in [1.165, 1.54) is 7.11 Å². The summed E-state index contributed by atoms with van der Waals surface area (Å²) in [5.41, 5.74) is 0. The number of aryl methyl sites for hydroxylation is 1. The Balaban J connectivity index is 1.64. The van der Waals surface area contributed by atoms with Crippen molar-refractivity contribution in [2.75, 3.05) is 20.2 Å². The van der Waals surface area contributed by atoms with Gasteiger partial charge in [-0.25, -0.2) is 4.68 Å². The van der Waals surface area contributed by atoms with Crippen LogP contribution in [0.25, 0.3) is 0 Å². The molecule has 1 aromatic rings. The minimum atomic E-state index is -0.166. The van der Waals surface area contributed by atoms with Gasteiger partial charge in [-0.1, -0.05) is 0 Å². The lowest BCUT2D eigenvalue weighted by Gasteiger charge is -2.31. The van der Waals surface area contributed by atoms with Crippen molar-refractivity contribution in [3.8, 4) is 0 Å². The third-order valence-corrected chi connectivity index (χ3v) is 3.82. The van der Waals surface area contributed by atoms with Gasteiger partial charge in [-0.2, -0.15) is 0 Å². The van der Waals surface area contributed by atoms with Gasteiger partial charge in [0.1, 0.15) is 6.33 Å². The summed E-state index contributed by atoms with van der Waals surface area (Å²) < 4.78 is 6.30. The molecule has 0 spiro atoms. The lowest BCUT2D eigenvalue weighted by molar-refractivity contribution is -0.142. The highest BCUT2D eigenvalue weighted by Gasteiger charge is 2.24. The maximum atomic E-state index is 12.1. The summed E-state index contributed by atoms with van der Waals surface area (Å²) in [7, 11) is 1.41. The van der Waals surface area contributed by atoms with Crippen molar-refractivity contribution >= 4 is 11.9 Å². The summed E-state index contributed by atoms with van der Waals surface area (Å²) in [6.45, 7) is 2.11. The number of carbonyl (C=O) groups excluding carboxylic acids is 2. The highest BCUT2D eigenvalue weighted by molar-refractivity contribution is 5.76. The quantitative estimate of drug-likeness (QED) is 0.699. The van der Waals surface area contributed by atoms with Crippen LogP contribution < -0.4 is 0 Å². The van der Waals surface area contributed by atoms with Crippen molar-refractivity contribution in [1.82, 2.24) is 25.1 Å². The van der Waals surface area contributed by atoms with Gasteiger partial charge in [-0.05, 0) is 35.6 Å². The molecule has 0 saturated carbocycles. The Morgan fingerprint density at radius 3 is 2.71 bits per heavy atom. The van der Waals surface area contributed by atoms with Crippen LogP contribution >= 0.6 is 0 Å². The van der Waals surface area contributed by atoms with Crippen LogP contribution in [0.5, 0.6) is 0 Å². The van der Waals surface area contributed by atoms with Gasteiger partial charge in [-0.15, -0.1) is 5.10 Å². The van der Waals surface area contributed by atoms with E-state index >= 15 is 0 Å². The van der Waals surface area contributed by atoms with Crippen LogP contribution in [0.3, 0.4) is 0 Å². The standard InChI is InChI=1S/C13H21N5O3/c1-21-13(20)9-11-4-7-17(8-5-11)12(19)3-2-6-18-10-14-15-16-18/h10-11H,2-9H2,1H3. The molecule has 8 heteroatoms. The van der Waals surface area contributed by atoms with E-state index in [2.05, 4.69) is 20.3 Å². The number of piperidine rings is 1. The maximum absolute atomic E-state index is 12.1. The van der Waals surface area contributed by atoms with Gasteiger partial charge in [0.2, 0.25) is 5.91 Å². The van der Waals surface area contributed by atoms with Crippen molar-refractivity contribution < 1.29 is 14.3 Å². The third kappa shape index (κ3) is 4.80. The maximum Gasteiger partial charge on any atom is 0.305 e. The van der Waals surface area contributed by atoms with Crippen LogP contribution in [0.15, 0.2) is 6.33 Å². The number of amides is 1. The molecule has 1 fully saturated rings. The highest BCUT2D eigenvalue weighted by atomic mass is 16.5. The normalized spacial score (nSPS) is 16.0. The lowest BCUT2D eigenvalue weighted by atomic mass is 9.93. The first-order chi connectivity index (χ1) is 10.2. The Labute approximate surface area is 123 Å². The molecule has 0 N–H and O–H groups in total. The Kier molecular flexibility index (Phi) is 5.65. The van der Waals surface area contributed by atoms with Crippen molar-refractivity contribution in [3.63, 3.8) is 0 Å². The molecule has 1 aromatic heterocycles. The topological polar surface area (TPSA) is 90.2 Å². The van der Waals surface area contributed by atoms with E-state index in [9.17, 15) is 9.59 Å². The molecule has 8 nitrogen and oxygen atoms in total. The van der Waals surface area contributed by atoms with E-state index in [1.54, 1.807) is 11.0 Å². The Morgan fingerprint density at radius 2 is 2.10 bits per heavy atom. The molecule has 1 aliphatic heterocycles. The molecule has 116 valence electrons. The molecule has 0 unspecified atom stereocenters. The third-order valence-electron chi connectivity index (χ3n) is 3.82. The summed E-state index contributed by atoms with van der Waals surface area (Å²) >= 11 is 0. The molecule has 0 radical (unpaired) electrons. The first-order valence-corrected chi connectivity index (χ1v) is 7.24. The molecule has 2 rings (SSSR count). The van der Waals surface area contributed by atoms with E-state index in [0.29, 0.717) is 25.3 Å². The number of aromatic nitrogens is 4. The molecule has 1 saturated heterocycles. The van der Waals surface area contributed by atoms with Gasteiger partial charge in [0.05, 0.1) is 7.11 Å². The molecule has 21 heavy (non-hydrogen) atoms. The number of ether oxygens (including phenoxy) is 1. The second-order valence-electron chi connectivity index (χ2n) is 5.28. The summed E-state index contributed by atoms with van der Waals surface area (Å²) in [5, 5.41) is 10.9. The van der Waals surface area contributed by atoms with Crippen molar-refractivity contribution in [1.29, 1.82) is 0 Å². The number of hydrogen-bond acceptors (Lipinski definition) is 6. The first-order valence-electron chi connectivity index (χ1n) is 7.24. The number of methoxy groups -OCH3 is 1. The molecule has 0 atom stereocenters. The average Bonchev–Trinajstić information content (AvgIpc) is 3.01. The smallest absolute Gasteiger partial charge is 0.305 e. The largest absolute Gasteiger partial charge is 0.469 e. The summed E-state index contributed by atoms with van der Waals surface area (Å²) in [6.07, 6.45) is 4.97. The fraction of sp³-hybridized carbons (Fsp3) is 0.769. The highest BCUT2D eigenvalue weighted by Crippen LogP contribution is 2.21. The van der Waals surface area contributed by atoms with Crippen LogP contribution in [0, 0.1) is 5.92 Å². The number of rotatable bonds is 6. The van der Waals surface area contributed by atoms with Gasteiger partial charge in [-0.3, -0.25) is 9.59 Å². The fourth-order valence-electron chi connectivity index (χ4n) is 2.54. The Hall–Kier alpha value is -1.99. The van der Waals surface area contributed by atoms with Crippen molar-refractivity contribution in [2.45, 2.75) is 38.6 Å². The molecular weight excluding hydrogens is 274 g/mol. The summed E-state index contributed by atoms with van der Waals surface area (Å²) in [6, 6.07) is 0. The van der Waals surface area contributed by atoms with Gasteiger partial charge in [0.15, 0.2) is 0 Å². The van der Waals surface area contributed by atoms with Crippen LogP contribution in [-0.2, 0) is 20.9 Å². The minimum Gasteiger partial charge on any atom is -0.469 e. The fourth-order valence-corrected chi connectivity index (χ4v) is 2.54. The average molecular weight is 295 g/mol. The molecule has 1 amide bonds. The molecule has 0 bridgehead atoms. The summed E-state index contributed by atoms with van der Waals surface area (Å²) in [5.74, 6) is 0.337. The van der Waals surface area contributed by atoms with E-state index in [-0.39, 0.29) is 11.9 Å². The molecule has 1 aliphatic rings. The zero-order valence-corrected chi connectivity index (χ0v) is 12.3. The van der Waals surface area contributed by atoms with Crippen LogP contribution in [0.4, 0.5) is 0 Å². The van der Waals surface area contributed by atoms with Crippen LogP contribution in [0.1, 0.15) is 32.1 Å². The summed E-state index contributed by atoms with van der Waals surface area (Å²) in [4.78, 5) is 25.2. The lowest BCUT2D eigenvalue weighted by Crippen LogP contribution is -2.38. The number of carbonyl (C=O) groups is 2. The Bertz CT molecular complexity index is 454. The van der Waals surface area contributed by atoms with Gasteiger partial charge in [0, 0.05) is 32.5 Å². The first kappa shape index (κ1) is 15.4. The number of hydrogen-bond donors (Lipinski definition) is 0. The number of esters is 1. The number of likely N-dealkylation sites (tertiary alicyclic amines) is 1. The molecule has 0 aliphatic carbocycles. The second kappa shape index (κ2) is 7.70. The van der Waals surface area contributed by atoms with Gasteiger partial charge < -0.3 is 9.64 Å². The predicted octanol–water partition coefficient (Wildman–Crippen LogP) is 0.255. The van der Waals surface area contributed by atoms with E-state index in [1.807, 2.05) is 4.90 Å².